The van der Waals surface area contributed by atoms with Crippen LogP contribution >= 0.6 is 11.3 Å². The molecule has 0 spiro atoms. The zero-order valence-electron chi connectivity index (χ0n) is 11.1. The maximum atomic E-state index is 11.4. The van der Waals surface area contributed by atoms with Gasteiger partial charge in [0.25, 0.3) is 0 Å². The quantitative estimate of drug-likeness (QED) is 0.855. The van der Waals surface area contributed by atoms with Gasteiger partial charge in [-0.3, -0.25) is 4.79 Å². The van der Waals surface area contributed by atoms with Crippen LogP contribution in [-0.2, 0) is 4.79 Å². The number of carbonyl (C=O) groups is 1. The molecular formula is C15H18N2OS. The van der Waals surface area contributed by atoms with E-state index in [4.69, 9.17) is 0 Å². The lowest BCUT2D eigenvalue weighted by atomic mass is 10.1. The lowest BCUT2D eigenvalue weighted by Crippen LogP contribution is -2.10. The number of nitrogens with one attached hydrogen (secondary N) is 2. The third-order valence-corrected chi connectivity index (χ3v) is 3.60. The standard InChI is InChI=1S/C15H18N2OS/c1-3-15(18)17-14-6-4-5-13(9-14)16-11(2)12-7-8-19-10-12/h4-11,16H,3H2,1-2H3,(H,17,18). The van der Waals surface area contributed by atoms with Crippen molar-refractivity contribution in [3.05, 3.63) is 46.7 Å². The van der Waals surface area contributed by atoms with Crippen LogP contribution < -0.4 is 10.6 Å². The van der Waals surface area contributed by atoms with Gasteiger partial charge < -0.3 is 10.6 Å². The van der Waals surface area contributed by atoms with Gasteiger partial charge in [0.15, 0.2) is 0 Å². The Hall–Kier alpha value is -1.81. The molecular weight excluding hydrogens is 256 g/mol. The van der Waals surface area contributed by atoms with Crippen LogP contribution in [0.25, 0.3) is 0 Å². The van der Waals surface area contributed by atoms with Gasteiger partial charge in [0, 0.05) is 23.8 Å². The highest BCUT2D eigenvalue weighted by Gasteiger charge is 2.06. The number of benzene rings is 1. The molecule has 2 aromatic rings. The molecule has 0 aliphatic heterocycles. The normalized spacial score (nSPS) is 11.9. The smallest absolute Gasteiger partial charge is 0.224 e. The Morgan fingerprint density at radius 2 is 2.11 bits per heavy atom. The molecule has 1 aromatic carbocycles. The first-order chi connectivity index (χ1) is 9.19. The first kappa shape index (κ1) is 13.6. The molecule has 0 fully saturated rings. The Kier molecular flexibility index (Phi) is 4.58. The first-order valence-corrected chi connectivity index (χ1v) is 7.32. The average Bonchev–Trinajstić information content (AvgIpc) is 2.93. The van der Waals surface area contributed by atoms with Crippen LogP contribution in [0.2, 0.25) is 0 Å². The summed E-state index contributed by atoms with van der Waals surface area (Å²) in [5.74, 6) is 0.0306. The Morgan fingerprint density at radius 3 is 2.79 bits per heavy atom. The molecule has 1 amide bonds. The molecule has 1 unspecified atom stereocenters. The van der Waals surface area contributed by atoms with Gasteiger partial charge in [0.1, 0.15) is 0 Å². The fourth-order valence-electron chi connectivity index (χ4n) is 1.79. The predicted molar refractivity (Wildman–Crippen MR) is 81.7 cm³/mol. The number of anilines is 2. The third kappa shape index (κ3) is 3.83. The van der Waals surface area contributed by atoms with Gasteiger partial charge >= 0.3 is 0 Å². The van der Waals surface area contributed by atoms with Crippen molar-refractivity contribution in [2.24, 2.45) is 0 Å². The SMILES string of the molecule is CCC(=O)Nc1cccc(NC(C)c2ccsc2)c1. The van der Waals surface area contributed by atoms with E-state index in [1.165, 1.54) is 5.56 Å². The highest BCUT2D eigenvalue weighted by molar-refractivity contribution is 7.07. The van der Waals surface area contributed by atoms with Crippen molar-refractivity contribution in [2.45, 2.75) is 26.3 Å². The summed E-state index contributed by atoms with van der Waals surface area (Å²) >= 11 is 1.70. The van der Waals surface area contributed by atoms with Crippen LogP contribution in [0.1, 0.15) is 31.9 Å². The van der Waals surface area contributed by atoms with E-state index < -0.39 is 0 Å². The van der Waals surface area contributed by atoms with Gasteiger partial charge in [-0.2, -0.15) is 11.3 Å². The number of carbonyl (C=O) groups excluding carboxylic acids is 1. The molecule has 2 N–H and O–H groups in total. The highest BCUT2D eigenvalue weighted by Crippen LogP contribution is 2.23. The largest absolute Gasteiger partial charge is 0.378 e. The molecule has 0 aliphatic carbocycles. The number of hydrogen-bond donors (Lipinski definition) is 2. The van der Waals surface area contributed by atoms with Gasteiger partial charge in [-0.15, -0.1) is 0 Å². The van der Waals surface area contributed by atoms with Crippen LogP contribution in [0.3, 0.4) is 0 Å². The van der Waals surface area contributed by atoms with E-state index >= 15 is 0 Å². The molecule has 1 heterocycles. The van der Waals surface area contributed by atoms with Gasteiger partial charge in [-0.1, -0.05) is 13.0 Å². The van der Waals surface area contributed by atoms with Crippen LogP contribution in [0.4, 0.5) is 11.4 Å². The lowest BCUT2D eigenvalue weighted by Gasteiger charge is -2.15. The maximum absolute atomic E-state index is 11.4. The van der Waals surface area contributed by atoms with Crippen molar-refractivity contribution in [3.63, 3.8) is 0 Å². The second kappa shape index (κ2) is 6.38. The molecule has 4 heteroatoms. The number of thiophene rings is 1. The van der Waals surface area contributed by atoms with Crippen LogP contribution in [0, 0.1) is 0 Å². The molecule has 100 valence electrons. The second-order valence-corrected chi connectivity index (χ2v) is 5.19. The second-order valence-electron chi connectivity index (χ2n) is 4.41. The number of amides is 1. The predicted octanol–water partition coefficient (Wildman–Crippen LogP) is 4.27. The Bertz CT molecular complexity index is 537. The maximum Gasteiger partial charge on any atom is 0.224 e. The van der Waals surface area contributed by atoms with Gasteiger partial charge in [-0.25, -0.2) is 0 Å². The summed E-state index contributed by atoms with van der Waals surface area (Å²) in [5, 5.41) is 10.5. The molecule has 19 heavy (non-hydrogen) atoms. The summed E-state index contributed by atoms with van der Waals surface area (Å²) in [6.07, 6.45) is 0.489. The minimum atomic E-state index is 0.0306. The van der Waals surface area contributed by atoms with Crippen molar-refractivity contribution in [1.29, 1.82) is 0 Å². The molecule has 1 aromatic heterocycles. The molecule has 1 atom stereocenters. The zero-order valence-corrected chi connectivity index (χ0v) is 12.0. The van der Waals surface area contributed by atoms with E-state index in [9.17, 15) is 4.79 Å². The molecule has 0 bridgehead atoms. The fourth-order valence-corrected chi connectivity index (χ4v) is 2.54. The van der Waals surface area contributed by atoms with Crippen molar-refractivity contribution in [3.8, 4) is 0 Å². The van der Waals surface area contributed by atoms with Crippen LogP contribution in [-0.4, -0.2) is 5.91 Å². The van der Waals surface area contributed by atoms with E-state index in [0.717, 1.165) is 11.4 Å². The van der Waals surface area contributed by atoms with E-state index in [1.54, 1.807) is 11.3 Å². The van der Waals surface area contributed by atoms with Gasteiger partial charge in [0.2, 0.25) is 5.91 Å². The van der Waals surface area contributed by atoms with Crippen molar-refractivity contribution in [2.75, 3.05) is 10.6 Å². The molecule has 0 radical (unpaired) electrons. The summed E-state index contributed by atoms with van der Waals surface area (Å²) in [7, 11) is 0. The topological polar surface area (TPSA) is 41.1 Å². The Balaban J connectivity index is 2.04. The van der Waals surface area contributed by atoms with E-state index in [2.05, 4.69) is 34.4 Å². The van der Waals surface area contributed by atoms with Crippen molar-refractivity contribution < 1.29 is 4.79 Å². The van der Waals surface area contributed by atoms with E-state index in [1.807, 2.05) is 31.2 Å². The summed E-state index contributed by atoms with van der Waals surface area (Å²) in [6, 6.07) is 10.2. The highest BCUT2D eigenvalue weighted by atomic mass is 32.1. The summed E-state index contributed by atoms with van der Waals surface area (Å²) < 4.78 is 0. The number of hydrogen-bond acceptors (Lipinski definition) is 3. The van der Waals surface area contributed by atoms with Gasteiger partial charge in [0.05, 0.1) is 0 Å². The summed E-state index contributed by atoms with van der Waals surface area (Å²) in [6.45, 7) is 3.97. The van der Waals surface area contributed by atoms with E-state index in [0.29, 0.717) is 6.42 Å². The fraction of sp³-hybridized carbons (Fsp3) is 0.267. The zero-order chi connectivity index (χ0) is 13.7. The van der Waals surface area contributed by atoms with Crippen molar-refractivity contribution >= 4 is 28.6 Å². The first-order valence-electron chi connectivity index (χ1n) is 6.37. The Morgan fingerprint density at radius 1 is 1.32 bits per heavy atom. The molecule has 2 rings (SSSR count). The number of rotatable bonds is 5. The van der Waals surface area contributed by atoms with Crippen LogP contribution in [0.15, 0.2) is 41.1 Å². The summed E-state index contributed by atoms with van der Waals surface area (Å²) in [5.41, 5.74) is 3.11. The molecule has 3 nitrogen and oxygen atoms in total. The monoisotopic (exact) mass is 274 g/mol. The van der Waals surface area contributed by atoms with Crippen LogP contribution in [0.5, 0.6) is 0 Å². The molecule has 0 saturated carbocycles. The van der Waals surface area contributed by atoms with Crippen molar-refractivity contribution in [1.82, 2.24) is 0 Å². The summed E-state index contributed by atoms with van der Waals surface area (Å²) in [4.78, 5) is 11.4. The third-order valence-electron chi connectivity index (χ3n) is 2.89. The minimum absolute atomic E-state index is 0.0306. The van der Waals surface area contributed by atoms with Gasteiger partial charge in [-0.05, 0) is 47.5 Å². The Labute approximate surface area is 117 Å². The van der Waals surface area contributed by atoms with E-state index in [-0.39, 0.29) is 11.9 Å². The average molecular weight is 274 g/mol. The molecule has 0 saturated heterocycles. The minimum Gasteiger partial charge on any atom is -0.378 e. The lowest BCUT2D eigenvalue weighted by molar-refractivity contribution is -0.115. The molecule has 0 aliphatic rings.